The summed E-state index contributed by atoms with van der Waals surface area (Å²) in [6.45, 7) is 21.1. The van der Waals surface area contributed by atoms with Crippen molar-refractivity contribution in [3.05, 3.63) is 0 Å². The van der Waals surface area contributed by atoms with Crippen LogP contribution < -0.4 is 0 Å². The van der Waals surface area contributed by atoms with Crippen molar-refractivity contribution in [1.29, 1.82) is 0 Å². The molecule has 6 fully saturated rings. The van der Waals surface area contributed by atoms with E-state index in [1.54, 1.807) is 0 Å². The van der Waals surface area contributed by atoms with Crippen LogP contribution in [0, 0.1) is 50.7 Å². The summed E-state index contributed by atoms with van der Waals surface area (Å²) >= 11 is 0. The molecule has 9 atom stereocenters. The fourth-order valence-corrected chi connectivity index (χ4v) is 12.6. The van der Waals surface area contributed by atoms with Crippen LogP contribution in [0.4, 0.5) is 0 Å². The monoisotopic (exact) mass is 426 g/mol. The molecule has 1 heterocycles. The molecule has 0 aromatic rings. The molecule has 1 nitrogen and oxygen atoms in total. The lowest BCUT2D eigenvalue weighted by Crippen LogP contribution is -2.67. The van der Waals surface area contributed by atoms with Crippen molar-refractivity contribution in [3.63, 3.8) is 0 Å². The Balaban J connectivity index is 1.40. The van der Waals surface area contributed by atoms with Crippen LogP contribution >= 0.6 is 0 Å². The minimum Gasteiger partial charge on any atom is -0.362 e. The number of rotatable bonds is 1. The molecule has 1 heteroatoms. The van der Waals surface area contributed by atoms with Gasteiger partial charge in [-0.2, -0.15) is 0 Å². The minimum absolute atomic E-state index is 0.218. The van der Waals surface area contributed by atoms with Crippen LogP contribution in [0.25, 0.3) is 0 Å². The van der Waals surface area contributed by atoms with Crippen molar-refractivity contribution in [3.8, 4) is 0 Å². The average Bonchev–Trinajstić information content (AvgIpc) is 3.28. The van der Waals surface area contributed by atoms with Crippen LogP contribution in [-0.4, -0.2) is 11.2 Å². The van der Waals surface area contributed by atoms with Crippen LogP contribution in [-0.2, 0) is 4.74 Å². The van der Waals surface area contributed by atoms with E-state index in [-0.39, 0.29) is 11.2 Å². The molecule has 0 aromatic carbocycles. The Labute approximate surface area is 192 Å². The molecule has 31 heavy (non-hydrogen) atoms. The van der Waals surface area contributed by atoms with Gasteiger partial charge in [0.25, 0.3) is 0 Å². The van der Waals surface area contributed by atoms with Gasteiger partial charge >= 0.3 is 0 Å². The topological polar surface area (TPSA) is 12.5 Å². The third-order valence-electron chi connectivity index (χ3n) is 14.2. The summed E-state index contributed by atoms with van der Waals surface area (Å²) in [5, 5.41) is 0. The van der Waals surface area contributed by atoms with Gasteiger partial charge in [0.1, 0.15) is 11.2 Å². The Morgan fingerprint density at radius 1 is 0.613 bits per heavy atom. The Morgan fingerprint density at radius 3 is 1.94 bits per heavy atom. The van der Waals surface area contributed by atoms with E-state index >= 15 is 0 Å². The number of epoxide rings is 1. The Bertz CT molecular complexity index is 798. The highest BCUT2D eigenvalue weighted by Gasteiger charge is 2.86. The van der Waals surface area contributed by atoms with Gasteiger partial charge in [-0.05, 0) is 110 Å². The van der Waals surface area contributed by atoms with Crippen molar-refractivity contribution in [2.24, 2.45) is 50.7 Å². The van der Waals surface area contributed by atoms with Crippen molar-refractivity contribution in [2.75, 3.05) is 0 Å². The van der Waals surface area contributed by atoms with Crippen molar-refractivity contribution in [2.45, 2.75) is 137 Å². The highest BCUT2D eigenvalue weighted by Crippen LogP contribution is 2.84. The van der Waals surface area contributed by atoms with Gasteiger partial charge < -0.3 is 4.74 Å². The molecular weight excluding hydrogens is 376 g/mol. The van der Waals surface area contributed by atoms with E-state index in [4.69, 9.17) is 4.74 Å². The molecule has 5 saturated carbocycles. The molecule has 0 aromatic heterocycles. The van der Waals surface area contributed by atoms with E-state index in [0.29, 0.717) is 33.0 Å². The van der Waals surface area contributed by atoms with Gasteiger partial charge in [0.2, 0.25) is 0 Å². The van der Waals surface area contributed by atoms with Gasteiger partial charge in [0, 0.05) is 5.41 Å². The predicted molar refractivity (Wildman–Crippen MR) is 129 cm³/mol. The van der Waals surface area contributed by atoms with Crippen LogP contribution in [0.2, 0.25) is 0 Å². The van der Waals surface area contributed by atoms with Gasteiger partial charge in [-0.3, -0.25) is 0 Å². The maximum Gasteiger partial charge on any atom is 0.104 e. The van der Waals surface area contributed by atoms with Crippen molar-refractivity contribution >= 4 is 0 Å². The number of hydrogen-bond donors (Lipinski definition) is 0. The lowest BCUT2D eigenvalue weighted by molar-refractivity contribution is -0.244. The predicted octanol–water partition coefficient (Wildman–Crippen LogP) is 8.41. The largest absolute Gasteiger partial charge is 0.362 e. The fraction of sp³-hybridized carbons (Fsp3) is 1.00. The molecule has 0 N–H and O–H groups in total. The van der Waals surface area contributed by atoms with Crippen LogP contribution in [0.5, 0.6) is 0 Å². The Hall–Kier alpha value is -0.0400. The summed E-state index contributed by atoms with van der Waals surface area (Å²) in [5.74, 6) is 3.39. The van der Waals surface area contributed by atoms with Gasteiger partial charge in [-0.25, -0.2) is 0 Å². The molecule has 1 spiro atoms. The lowest BCUT2D eigenvalue weighted by Gasteiger charge is -2.73. The summed E-state index contributed by atoms with van der Waals surface area (Å²) in [6, 6.07) is 0. The first-order chi connectivity index (χ1) is 14.3. The van der Waals surface area contributed by atoms with Gasteiger partial charge in [-0.15, -0.1) is 0 Å². The second kappa shape index (κ2) is 5.78. The van der Waals surface area contributed by atoms with Gasteiger partial charge in [0.05, 0.1) is 0 Å². The van der Waals surface area contributed by atoms with E-state index < -0.39 is 0 Å². The normalized spacial score (nSPS) is 61.6. The first-order valence-corrected chi connectivity index (χ1v) is 14.0. The van der Waals surface area contributed by atoms with Gasteiger partial charge in [-0.1, -0.05) is 61.8 Å². The molecule has 0 unspecified atom stereocenters. The van der Waals surface area contributed by atoms with E-state index in [9.17, 15) is 0 Å². The summed E-state index contributed by atoms with van der Waals surface area (Å²) in [5.41, 5.74) is 2.95. The standard InChI is InChI=1S/C30H50O/c1-20(2)29-18-16-28(8)23-11-10-22-25(5)14-9-13-24(3,4)21(25)12-15-26(22,6)27(23,7)17-19-30(28,29)31-29/h20-23H,9-19H2,1-8H3/t21-,22+,23-,25-,26+,27+,28+,29-,30-/m0/s1. The summed E-state index contributed by atoms with van der Waals surface area (Å²) in [7, 11) is 0. The molecule has 0 bridgehead atoms. The summed E-state index contributed by atoms with van der Waals surface area (Å²) in [6.07, 6.45) is 15.8. The smallest absolute Gasteiger partial charge is 0.104 e. The molecule has 6 rings (SSSR count). The van der Waals surface area contributed by atoms with E-state index in [1.165, 1.54) is 70.6 Å². The maximum absolute atomic E-state index is 6.89. The van der Waals surface area contributed by atoms with Crippen LogP contribution in [0.1, 0.15) is 126 Å². The highest BCUT2D eigenvalue weighted by molar-refractivity contribution is 5.34. The third-order valence-corrected chi connectivity index (χ3v) is 14.2. The second-order valence-corrected chi connectivity index (χ2v) is 15.3. The number of ether oxygens (including phenoxy) is 1. The van der Waals surface area contributed by atoms with Crippen molar-refractivity contribution < 1.29 is 4.74 Å². The molecule has 176 valence electrons. The first-order valence-electron chi connectivity index (χ1n) is 14.0. The zero-order chi connectivity index (χ0) is 22.3. The first kappa shape index (κ1) is 21.5. The molecule has 5 aliphatic carbocycles. The van der Waals surface area contributed by atoms with E-state index in [2.05, 4.69) is 55.4 Å². The Morgan fingerprint density at radius 2 is 1.26 bits per heavy atom. The quantitative estimate of drug-likeness (QED) is 0.383. The fourth-order valence-electron chi connectivity index (χ4n) is 12.6. The molecule has 0 amide bonds. The second-order valence-electron chi connectivity index (χ2n) is 15.3. The van der Waals surface area contributed by atoms with E-state index in [0.717, 1.165) is 17.8 Å². The zero-order valence-corrected chi connectivity index (χ0v) is 22.0. The zero-order valence-electron chi connectivity index (χ0n) is 22.0. The Kier molecular flexibility index (Phi) is 4.00. The van der Waals surface area contributed by atoms with Crippen molar-refractivity contribution in [1.82, 2.24) is 0 Å². The average molecular weight is 427 g/mol. The minimum atomic E-state index is 0.218. The molecule has 1 aliphatic heterocycles. The number of hydrogen-bond acceptors (Lipinski definition) is 1. The van der Waals surface area contributed by atoms with Crippen LogP contribution in [0.3, 0.4) is 0 Å². The van der Waals surface area contributed by atoms with Gasteiger partial charge in [0.15, 0.2) is 0 Å². The number of fused-ring (bicyclic) bond motifs is 6. The lowest BCUT2D eigenvalue weighted by atomic mass is 9.32. The third kappa shape index (κ3) is 2.09. The molecule has 6 aliphatic rings. The molecular formula is C30H50O. The molecule has 1 saturated heterocycles. The summed E-state index contributed by atoms with van der Waals surface area (Å²) in [4.78, 5) is 0. The van der Waals surface area contributed by atoms with Crippen LogP contribution in [0.15, 0.2) is 0 Å². The highest BCUT2D eigenvalue weighted by atomic mass is 16.6. The SMILES string of the molecule is CC(C)[C@@]12CC[C@]3(C)[C@H]4CC[C@@H]5[C@@]6(C)CCCC(C)(C)[C@@H]6CC[C@@]5(C)[C@]4(C)CC[C@@]13O2. The summed E-state index contributed by atoms with van der Waals surface area (Å²) < 4.78 is 6.89. The maximum atomic E-state index is 6.89. The van der Waals surface area contributed by atoms with E-state index in [1.807, 2.05) is 0 Å². The molecule has 0 radical (unpaired) electrons.